The quantitative estimate of drug-likeness (QED) is 0.532. The van der Waals surface area contributed by atoms with Gasteiger partial charge in [0.25, 0.3) is 0 Å². The van der Waals surface area contributed by atoms with Crippen LogP contribution in [0.1, 0.15) is 32.1 Å². The highest BCUT2D eigenvalue weighted by atomic mass is 33.1. The van der Waals surface area contributed by atoms with Crippen molar-refractivity contribution >= 4 is 27.5 Å². The molecule has 1 saturated heterocycles. The van der Waals surface area contributed by atoms with Crippen molar-refractivity contribution in [2.75, 3.05) is 18.8 Å². The molecule has 0 spiro atoms. The molecule has 3 nitrogen and oxygen atoms in total. The SMILES string of the molecule is NCCNC(=O)CCCC[C@@H]1CCSS1. The van der Waals surface area contributed by atoms with Crippen LogP contribution in [-0.4, -0.2) is 30.0 Å². The first-order valence-electron chi connectivity index (χ1n) is 5.58. The zero-order chi connectivity index (χ0) is 10.9. The van der Waals surface area contributed by atoms with E-state index in [1.165, 1.54) is 25.0 Å². The van der Waals surface area contributed by atoms with Crippen LogP contribution in [0.15, 0.2) is 0 Å². The molecule has 3 N–H and O–H groups in total. The Hall–Kier alpha value is 0.130. The van der Waals surface area contributed by atoms with E-state index in [-0.39, 0.29) is 5.91 Å². The third-order valence-electron chi connectivity index (χ3n) is 2.37. The fourth-order valence-electron chi connectivity index (χ4n) is 1.52. The summed E-state index contributed by atoms with van der Waals surface area (Å²) < 4.78 is 0. The summed E-state index contributed by atoms with van der Waals surface area (Å²) in [5, 5.41) is 3.62. The standard InChI is InChI=1S/C10H20N2OS2/c11-6-7-12-10(13)4-2-1-3-9-5-8-14-15-9/h9H,1-8,11H2,(H,12,13)/t9-/m1/s1. The summed E-state index contributed by atoms with van der Waals surface area (Å²) >= 11 is 0. The molecule has 1 aliphatic rings. The van der Waals surface area contributed by atoms with Crippen molar-refractivity contribution in [2.24, 2.45) is 5.73 Å². The van der Waals surface area contributed by atoms with Crippen molar-refractivity contribution in [1.82, 2.24) is 5.32 Å². The predicted octanol–water partition coefficient (Wildman–Crippen LogP) is 1.78. The Morgan fingerprint density at radius 2 is 2.33 bits per heavy atom. The Labute approximate surface area is 99.7 Å². The van der Waals surface area contributed by atoms with E-state index in [2.05, 4.69) is 5.32 Å². The summed E-state index contributed by atoms with van der Waals surface area (Å²) in [4.78, 5) is 11.2. The number of nitrogens with two attached hydrogens (primary N) is 1. The summed E-state index contributed by atoms with van der Waals surface area (Å²) in [7, 11) is 4.00. The number of rotatable bonds is 7. The van der Waals surface area contributed by atoms with Crippen LogP contribution < -0.4 is 11.1 Å². The van der Waals surface area contributed by atoms with Crippen molar-refractivity contribution in [1.29, 1.82) is 0 Å². The molecule has 0 radical (unpaired) electrons. The second kappa shape index (κ2) is 8.30. The number of nitrogens with one attached hydrogen (secondary N) is 1. The van der Waals surface area contributed by atoms with Crippen molar-refractivity contribution < 1.29 is 4.79 Å². The van der Waals surface area contributed by atoms with Gasteiger partial charge in [-0.1, -0.05) is 28.0 Å². The van der Waals surface area contributed by atoms with Crippen LogP contribution in [0.5, 0.6) is 0 Å². The second-order valence-electron chi connectivity index (χ2n) is 3.71. The molecule has 0 aromatic rings. The fourth-order valence-corrected chi connectivity index (χ4v) is 4.55. The summed E-state index contributed by atoms with van der Waals surface area (Å²) in [5.41, 5.74) is 5.29. The first-order valence-corrected chi connectivity index (χ1v) is 7.96. The van der Waals surface area contributed by atoms with Gasteiger partial charge in [0.2, 0.25) is 5.91 Å². The number of hydrogen-bond acceptors (Lipinski definition) is 4. The highest BCUT2D eigenvalue weighted by Crippen LogP contribution is 2.39. The minimum absolute atomic E-state index is 0.147. The van der Waals surface area contributed by atoms with E-state index in [0.717, 1.165) is 11.7 Å². The number of amides is 1. The van der Waals surface area contributed by atoms with Crippen molar-refractivity contribution in [3.05, 3.63) is 0 Å². The molecule has 1 fully saturated rings. The van der Waals surface area contributed by atoms with Crippen LogP contribution in [0.4, 0.5) is 0 Å². The van der Waals surface area contributed by atoms with E-state index in [0.29, 0.717) is 19.5 Å². The first-order chi connectivity index (χ1) is 7.33. The predicted molar refractivity (Wildman–Crippen MR) is 69.0 cm³/mol. The molecular weight excluding hydrogens is 228 g/mol. The minimum atomic E-state index is 0.147. The van der Waals surface area contributed by atoms with E-state index in [1.807, 2.05) is 21.6 Å². The Balaban J connectivity index is 1.89. The Morgan fingerprint density at radius 1 is 1.47 bits per heavy atom. The highest BCUT2D eigenvalue weighted by Gasteiger charge is 2.15. The Kier molecular flexibility index (Phi) is 7.30. The molecule has 1 heterocycles. The van der Waals surface area contributed by atoms with Gasteiger partial charge in [0.15, 0.2) is 0 Å². The van der Waals surface area contributed by atoms with Gasteiger partial charge in [-0.05, 0) is 19.3 Å². The van der Waals surface area contributed by atoms with Crippen LogP contribution in [0.2, 0.25) is 0 Å². The highest BCUT2D eigenvalue weighted by molar-refractivity contribution is 8.77. The average Bonchev–Trinajstić information content (AvgIpc) is 2.74. The van der Waals surface area contributed by atoms with Crippen LogP contribution in [0.3, 0.4) is 0 Å². The van der Waals surface area contributed by atoms with Gasteiger partial charge in [-0.15, -0.1) is 0 Å². The van der Waals surface area contributed by atoms with Gasteiger partial charge in [-0.2, -0.15) is 0 Å². The molecule has 88 valence electrons. The van der Waals surface area contributed by atoms with E-state index in [4.69, 9.17) is 5.73 Å². The second-order valence-corrected chi connectivity index (χ2v) is 6.50. The Morgan fingerprint density at radius 3 is 3.00 bits per heavy atom. The van der Waals surface area contributed by atoms with E-state index >= 15 is 0 Å². The zero-order valence-electron chi connectivity index (χ0n) is 9.04. The molecular formula is C10H20N2OS2. The normalized spacial score (nSPS) is 20.5. The maximum absolute atomic E-state index is 11.2. The maximum Gasteiger partial charge on any atom is 0.220 e. The first kappa shape index (κ1) is 13.2. The smallest absolute Gasteiger partial charge is 0.220 e. The number of hydrogen-bond donors (Lipinski definition) is 2. The van der Waals surface area contributed by atoms with Crippen LogP contribution in [0.25, 0.3) is 0 Å². The lowest BCUT2D eigenvalue weighted by molar-refractivity contribution is -0.121. The number of carbonyl (C=O) groups excluding carboxylic acids is 1. The molecule has 0 aromatic heterocycles. The monoisotopic (exact) mass is 248 g/mol. The Bertz CT molecular complexity index is 184. The van der Waals surface area contributed by atoms with Crippen molar-refractivity contribution in [2.45, 2.75) is 37.4 Å². The molecule has 0 bridgehead atoms. The summed E-state index contributed by atoms with van der Waals surface area (Å²) in [6.07, 6.45) is 5.45. The largest absolute Gasteiger partial charge is 0.355 e. The topological polar surface area (TPSA) is 55.1 Å². The van der Waals surface area contributed by atoms with Gasteiger partial charge in [0, 0.05) is 30.5 Å². The lowest BCUT2D eigenvalue weighted by atomic mass is 10.1. The van der Waals surface area contributed by atoms with E-state index < -0.39 is 0 Å². The van der Waals surface area contributed by atoms with E-state index in [1.54, 1.807) is 0 Å². The number of carbonyl (C=O) groups is 1. The lowest BCUT2D eigenvalue weighted by Gasteiger charge is -2.06. The summed E-state index contributed by atoms with van der Waals surface area (Å²) in [6, 6.07) is 0. The molecule has 1 amide bonds. The van der Waals surface area contributed by atoms with Crippen molar-refractivity contribution in [3.8, 4) is 0 Å². The average molecular weight is 248 g/mol. The third-order valence-corrected chi connectivity index (χ3v) is 5.38. The molecule has 0 aliphatic carbocycles. The molecule has 1 aliphatic heterocycles. The molecule has 0 aromatic carbocycles. The van der Waals surface area contributed by atoms with Gasteiger partial charge < -0.3 is 11.1 Å². The minimum Gasteiger partial charge on any atom is -0.355 e. The van der Waals surface area contributed by atoms with Gasteiger partial charge in [-0.3, -0.25) is 4.79 Å². The van der Waals surface area contributed by atoms with Crippen LogP contribution >= 0.6 is 21.6 Å². The molecule has 15 heavy (non-hydrogen) atoms. The lowest BCUT2D eigenvalue weighted by Crippen LogP contribution is -2.28. The third kappa shape index (κ3) is 6.33. The van der Waals surface area contributed by atoms with Gasteiger partial charge in [0.1, 0.15) is 0 Å². The van der Waals surface area contributed by atoms with Crippen molar-refractivity contribution in [3.63, 3.8) is 0 Å². The fraction of sp³-hybridized carbons (Fsp3) is 0.900. The van der Waals surface area contributed by atoms with E-state index in [9.17, 15) is 4.79 Å². The van der Waals surface area contributed by atoms with Crippen LogP contribution in [0, 0.1) is 0 Å². The molecule has 1 rings (SSSR count). The summed E-state index contributed by atoms with van der Waals surface area (Å²) in [5.74, 6) is 1.45. The summed E-state index contributed by atoms with van der Waals surface area (Å²) in [6.45, 7) is 1.13. The van der Waals surface area contributed by atoms with Gasteiger partial charge in [-0.25, -0.2) is 0 Å². The molecule has 1 atom stereocenters. The molecule has 0 saturated carbocycles. The maximum atomic E-state index is 11.2. The molecule has 5 heteroatoms. The van der Waals surface area contributed by atoms with Gasteiger partial charge in [0.05, 0.1) is 0 Å². The number of unbranched alkanes of at least 4 members (excludes halogenated alkanes) is 1. The molecule has 0 unspecified atom stereocenters. The van der Waals surface area contributed by atoms with Crippen LogP contribution in [-0.2, 0) is 4.79 Å². The zero-order valence-corrected chi connectivity index (χ0v) is 10.7. The van der Waals surface area contributed by atoms with Gasteiger partial charge >= 0.3 is 0 Å².